The van der Waals surface area contributed by atoms with Gasteiger partial charge in [0.25, 0.3) is 0 Å². The van der Waals surface area contributed by atoms with Crippen molar-refractivity contribution in [2.24, 2.45) is 4.99 Å². The van der Waals surface area contributed by atoms with Crippen LogP contribution >= 0.6 is 0 Å². The summed E-state index contributed by atoms with van der Waals surface area (Å²) in [6.45, 7) is 12.5. The van der Waals surface area contributed by atoms with Gasteiger partial charge in [0, 0.05) is 58.8 Å². The molecule has 2 heterocycles. The van der Waals surface area contributed by atoms with E-state index in [1.807, 2.05) is 30.3 Å². The second kappa shape index (κ2) is 12.2. The Kier molecular flexibility index (Phi) is 8.96. The number of rotatable bonds is 10. The van der Waals surface area contributed by atoms with Crippen LogP contribution in [-0.4, -0.2) is 82.9 Å². The summed E-state index contributed by atoms with van der Waals surface area (Å²) in [5.41, 5.74) is 0. The van der Waals surface area contributed by atoms with E-state index in [1.165, 1.54) is 0 Å². The van der Waals surface area contributed by atoms with Crippen molar-refractivity contribution < 1.29 is 4.74 Å². The summed E-state index contributed by atoms with van der Waals surface area (Å²) in [5.74, 6) is 2.98. The molecule has 1 aromatic heterocycles. The van der Waals surface area contributed by atoms with Crippen molar-refractivity contribution in [3.05, 3.63) is 42.5 Å². The van der Waals surface area contributed by atoms with Crippen LogP contribution in [0.3, 0.4) is 0 Å². The quantitative estimate of drug-likeness (QED) is 0.474. The van der Waals surface area contributed by atoms with E-state index in [9.17, 15) is 0 Å². The maximum absolute atomic E-state index is 5.84. The van der Waals surface area contributed by atoms with Crippen molar-refractivity contribution in [1.29, 1.82) is 0 Å². The molecule has 1 aliphatic rings. The van der Waals surface area contributed by atoms with Gasteiger partial charge in [-0.3, -0.25) is 9.89 Å². The fourth-order valence-corrected chi connectivity index (χ4v) is 3.51. The minimum atomic E-state index is 0.720. The number of aryl methyl sites for hydroxylation is 1. The zero-order valence-corrected chi connectivity index (χ0v) is 18.3. The number of para-hydroxylation sites is 1. The predicted octanol–water partition coefficient (Wildman–Crippen LogP) is 1.89. The number of nitrogens with zero attached hydrogens (tertiary/aromatic N) is 6. The smallest absolute Gasteiger partial charge is 0.194 e. The van der Waals surface area contributed by atoms with E-state index in [1.54, 1.807) is 6.33 Å². The summed E-state index contributed by atoms with van der Waals surface area (Å²) in [6.07, 6.45) is 3.75. The van der Waals surface area contributed by atoms with Crippen LogP contribution in [-0.2, 0) is 13.0 Å². The molecule has 0 saturated carbocycles. The van der Waals surface area contributed by atoms with Crippen molar-refractivity contribution in [1.82, 2.24) is 29.9 Å². The van der Waals surface area contributed by atoms with E-state index in [4.69, 9.17) is 9.73 Å². The van der Waals surface area contributed by atoms with Crippen molar-refractivity contribution in [2.75, 3.05) is 52.4 Å². The Morgan fingerprint density at radius 3 is 2.63 bits per heavy atom. The molecule has 8 nitrogen and oxygen atoms in total. The summed E-state index contributed by atoms with van der Waals surface area (Å²) >= 11 is 0. The molecule has 1 aliphatic heterocycles. The Hall–Kier alpha value is -2.61. The van der Waals surface area contributed by atoms with Crippen LogP contribution in [0, 0.1) is 0 Å². The molecule has 30 heavy (non-hydrogen) atoms. The van der Waals surface area contributed by atoms with E-state index in [0.29, 0.717) is 0 Å². The Balaban J connectivity index is 1.42. The first-order chi connectivity index (χ1) is 14.8. The van der Waals surface area contributed by atoms with E-state index < -0.39 is 0 Å². The Morgan fingerprint density at radius 2 is 1.90 bits per heavy atom. The number of hydrogen-bond acceptors (Lipinski definition) is 5. The highest BCUT2D eigenvalue weighted by Gasteiger charge is 2.19. The molecule has 1 fully saturated rings. The second-order valence-corrected chi connectivity index (χ2v) is 7.42. The lowest BCUT2D eigenvalue weighted by atomic mass is 10.3. The molecular weight excluding hydrogens is 378 g/mol. The van der Waals surface area contributed by atoms with Gasteiger partial charge in [0.15, 0.2) is 5.96 Å². The Labute approximate surface area is 179 Å². The molecule has 1 N–H and O–H groups in total. The topological polar surface area (TPSA) is 70.8 Å². The van der Waals surface area contributed by atoms with Crippen molar-refractivity contribution >= 4 is 5.96 Å². The van der Waals surface area contributed by atoms with Crippen molar-refractivity contribution in [3.63, 3.8) is 0 Å². The van der Waals surface area contributed by atoms with Crippen LogP contribution in [0.5, 0.6) is 5.75 Å². The number of hydrogen-bond donors (Lipinski definition) is 1. The van der Waals surface area contributed by atoms with Gasteiger partial charge >= 0.3 is 0 Å². The Bertz CT molecular complexity index is 754. The minimum Gasteiger partial charge on any atom is -0.492 e. The number of aliphatic imine (C=N–C) groups is 1. The minimum absolute atomic E-state index is 0.720. The van der Waals surface area contributed by atoms with Crippen molar-refractivity contribution in [2.45, 2.75) is 33.2 Å². The average Bonchev–Trinajstić information content (AvgIpc) is 3.25. The first-order valence-corrected chi connectivity index (χ1v) is 11.1. The molecule has 0 unspecified atom stereocenters. The molecule has 164 valence electrons. The summed E-state index contributed by atoms with van der Waals surface area (Å²) in [4.78, 5) is 9.63. The standard InChI is InChI=1S/C22H35N7O/c1-3-10-23-22(24-11-12-29-19-25-26-21(29)4-2)28-15-13-27(14-16-28)17-18-30-20-8-6-5-7-9-20/h5-9,19H,3-4,10-18H2,1-2H3,(H,23,24). The lowest BCUT2D eigenvalue weighted by Gasteiger charge is -2.36. The number of guanidine groups is 1. The summed E-state index contributed by atoms with van der Waals surface area (Å²) in [5, 5.41) is 11.7. The van der Waals surface area contributed by atoms with Gasteiger partial charge in [-0.05, 0) is 18.6 Å². The van der Waals surface area contributed by atoms with Gasteiger partial charge < -0.3 is 19.5 Å². The van der Waals surface area contributed by atoms with Gasteiger partial charge in [-0.15, -0.1) is 10.2 Å². The third-order valence-corrected chi connectivity index (χ3v) is 5.22. The molecule has 1 saturated heterocycles. The number of aromatic nitrogens is 3. The number of benzene rings is 1. The maximum Gasteiger partial charge on any atom is 0.194 e. The predicted molar refractivity (Wildman–Crippen MR) is 120 cm³/mol. The van der Waals surface area contributed by atoms with Gasteiger partial charge in [0.1, 0.15) is 24.5 Å². The van der Waals surface area contributed by atoms with Crippen molar-refractivity contribution in [3.8, 4) is 5.75 Å². The first kappa shape index (κ1) is 22.1. The average molecular weight is 414 g/mol. The lowest BCUT2D eigenvalue weighted by molar-refractivity contribution is 0.152. The largest absolute Gasteiger partial charge is 0.492 e. The third kappa shape index (κ3) is 6.73. The van der Waals surface area contributed by atoms with Gasteiger partial charge in [0.05, 0.1) is 0 Å². The summed E-state index contributed by atoms with van der Waals surface area (Å²) in [7, 11) is 0. The molecule has 2 aromatic rings. The molecule has 1 aromatic carbocycles. The first-order valence-electron chi connectivity index (χ1n) is 11.1. The van der Waals surface area contributed by atoms with Crippen LogP contribution in [0.15, 0.2) is 41.7 Å². The SMILES string of the molecule is CCCN=C(NCCn1cnnc1CC)N1CCN(CCOc2ccccc2)CC1. The molecule has 8 heteroatoms. The van der Waals surface area contributed by atoms with Gasteiger partial charge in [0.2, 0.25) is 0 Å². The fraction of sp³-hybridized carbons (Fsp3) is 0.591. The molecule has 3 rings (SSSR count). The highest BCUT2D eigenvalue weighted by atomic mass is 16.5. The highest BCUT2D eigenvalue weighted by Crippen LogP contribution is 2.09. The monoisotopic (exact) mass is 413 g/mol. The van der Waals surface area contributed by atoms with Crippen LogP contribution in [0.25, 0.3) is 0 Å². The molecule has 0 atom stereocenters. The van der Waals surface area contributed by atoms with Gasteiger partial charge in [-0.25, -0.2) is 0 Å². The number of piperazine rings is 1. The molecular formula is C22H35N7O. The van der Waals surface area contributed by atoms with E-state index >= 15 is 0 Å². The zero-order valence-electron chi connectivity index (χ0n) is 18.3. The number of nitrogens with one attached hydrogen (secondary N) is 1. The molecule has 0 aliphatic carbocycles. The Morgan fingerprint density at radius 1 is 1.10 bits per heavy atom. The second-order valence-electron chi connectivity index (χ2n) is 7.42. The third-order valence-electron chi connectivity index (χ3n) is 5.22. The van der Waals surface area contributed by atoms with E-state index in [2.05, 4.69) is 43.7 Å². The summed E-state index contributed by atoms with van der Waals surface area (Å²) in [6, 6.07) is 10.0. The van der Waals surface area contributed by atoms with Crippen LogP contribution in [0.2, 0.25) is 0 Å². The fourth-order valence-electron chi connectivity index (χ4n) is 3.51. The summed E-state index contributed by atoms with van der Waals surface area (Å²) < 4.78 is 7.95. The normalized spacial score (nSPS) is 15.4. The molecule has 0 radical (unpaired) electrons. The van der Waals surface area contributed by atoms with E-state index in [0.717, 1.165) is 89.3 Å². The highest BCUT2D eigenvalue weighted by molar-refractivity contribution is 5.80. The van der Waals surface area contributed by atoms with Crippen LogP contribution in [0.4, 0.5) is 0 Å². The molecule has 0 amide bonds. The van der Waals surface area contributed by atoms with E-state index in [-0.39, 0.29) is 0 Å². The maximum atomic E-state index is 5.84. The zero-order chi connectivity index (χ0) is 21.0. The van der Waals surface area contributed by atoms with Gasteiger partial charge in [-0.1, -0.05) is 32.0 Å². The lowest BCUT2D eigenvalue weighted by Crippen LogP contribution is -2.53. The number of ether oxygens (including phenoxy) is 1. The molecule has 0 spiro atoms. The van der Waals surface area contributed by atoms with Crippen LogP contribution < -0.4 is 10.1 Å². The van der Waals surface area contributed by atoms with Gasteiger partial charge in [-0.2, -0.15) is 0 Å². The molecule has 0 bridgehead atoms. The van der Waals surface area contributed by atoms with Crippen LogP contribution in [0.1, 0.15) is 26.1 Å².